The molecule has 0 aliphatic carbocycles. The fraction of sp³-hybridized carbons (Fsp3) is 0.462. The van der Waals surface area contributed by atoms with Gasteiger partial charge in [0.15, 0.2) is 0 Å². The molecule has 1 atom stereocenters. The molecule has 3 nitrogen and oxygen atoms in total. The highest BCUT2D eigenvalue weighted by molar-refractivity contribution is 7.80. The van der Waals surface area contributed by atoms with E-state index in [1.165, 1.54) is 5.56 Å². The number of morpholine rings is 1. The normalized spacial score (nSPS) is 21.4. The fourth-order valence-electron chi connectivity index (χ4n) is 2.12. The summed E-state index contributed by atoms with van der Waals surface area (Å²) in [5, 5.41) is 0. The Hall–Kier alpha value is -0.970. The first-order chi connectivity index (χ1) is 8.15. The molecule has 4 heteroatoms. The Kier molecular flexibility index (Phi) is 4.10. The van der Waals surface area contributed by atoms with Crippen molar-refractivity contribution in [3.63, 3.8) is 0 Å². The van der Waals surface area contributed by atoms with Gasteiger partial charge in [0.25, 0.3) is 0 Å². The summed E-state index contributed by atoms with van der Waals surface area (Å²) in [5.74, 6) is 0. The molecule has 1 fully saturated rings. The van der Waals surface area contributed by atoms with E-state index in [1.807, 2.05) is 12.1 Å². The summed E-state index contributed by atoms with van der Waals surface area (Å²) in [5.41, 5.74) is 7.83. The molecule has 1 aromatic rings. The molecule has 0 amide bonds. The van der Waals surface area contributed by atoms with Crippen LogP contribution in [0.2, 0.25) is 0 Å². The lowest BCUT2D eigenvalue weighted by atomic mass is 10.1. The first-order valence-corrected chi connectivity index (χ1v) is 6.28. The summed E-state index contributed by atoms with van der Waals surface area (Å²) in [7, 11) is 0. The zero-order chi connectivity index (χ0) is 12.3. The third kappa shape index (κ3) is 3.49. The Bertz CT molecular complexity index is 408. The number of nitrogens with two attached hydrogens (primary N) is 1. The van der Waals surface area contributed by atoms with Crippen LogP contribution >= 0.6 is 12.2 Å². The monoisotopic (exact) mass is 250 g/mol. The molecular formula is C13H18N2OS. The minimum Gasteiger partial charge on any atom is -0.389 e. The van der Waals surface area contributed by atoms with Gasteiger partial charge in [-0.05, 0) is 18.6 Å². The van der Waals surface area contributed by atoms with E-state index in [9.17, 15) is 0 Å². The van der Waals surface area contributed by atoms with Crippen LogP contribution in [0.3, 0.4) is 0 Å². The fourth-order valence-corrected chi connectivity index (χ4v) is 2.24. The van der Waals surface area contributed by atoms with Crippen LogP contribution in [0.5, 0.6) is 0 Å². The summed E-state index contributed by atoms with van der Waals surface area (Å²) in [6.45, 7) is 5.83. The van der Waals surface area contributed by atoms with E-state index in [2.05, 4.69) is 24.0 Å². The van der Waals surface area contributed by atoms with E-state index in [0.717, 1.165) is 31.8 Å². The summed E-state index contributed by atoms with van der Waals surface area (Å²) in [4.78, 5) is 2.86. The number of benzene rings is 1. The van der Waals surface area contributed by atoms with Crippen LogP contribution < -0.4 is 5.73 Å². The van der Waals surface area contributed by atoms with Gasteiger partial charge in [0.05, 0.1) is 12.7 Å². The van der Waals surface area contributed by atoms with Crippen LogP contribution in [0.1, 0.15) is 18.1 Å². The Labute approximate surface area is 108 Å². The molecule has 1 saturated heterocycles. The highest BCUT2D eigenvalue weighted by atomic mass is 32.1. The van der Waals surface area contributed by atoms with Crippen LogP contribution in [0.25, 0.3) is 0 Å². The third-order valence-corrected chi connectivity index (χ3v) is 3.18. The Balaban J connectivity index is 2.02. The number of ether oxygens (including phenoxy) is 1. The molecule has 1 aliphatic rings. The lowest BCUT2D eigenvalue weighted by Crippen LogP contribution is -2.40. The molecule has 2 rings (SSSR count). The average molecular weight is 250 g/mol. The van der Waals surface area contributed by atoms with Crippen LogP contribution in [0.4, 0.5) is 0 Å². The Morgan fingerprint density at radius 2 is 2.41 bits per heavy atom. The van der Waals surface area contributed by atoms with Crippen molar-refractivity contribution < 1.29 is 4.74 Å². The summed E-state index contributed by atoms with van der Waals surface area (Å²) in [6, 6.07) is 8.14. The highest BCUT2D eigenvalue weighted by Gasteiger charge is 2.16. The van der Waals surface area contributed by atoms with Gasteiger partial charge < -0.3 is 10.5 Å². The van der Waals surface area contributed by atoms with Gasteiger partial charge in [0, 0.05) is 25.2 Å². The van der Waals surface area contributed by atoms with Crippen molar-refractivity contribution in [1.82, 2.24) is 4.90 Å². The minimum absolute atomic E-state index is 0.322. The molecule has 0 aromatic heterocycles. The van der Waals surface area contributed by atoms with E-state index >= 15 is 0 Å². The van der Waals surface area contributed by atoms with Gasteiger partial charge in [-0.3, -0.25) is 4.90 Å². The van der Waals surface area contributed by atoms with Crippen molar-refractivity contribution in [3.05, 3.63) is 35.4 Å². The lowest BCUT2D eigenvalue weighted by Gasteiger charge is -2.31. The zero-order valence-electron chi connectivity index (χ0n) is 10.1. The van der Waals surface area contributed by atoms with Gasteiger partial charge in [0.2, 0.25) is 0 Å². The van der Waals surface area contributed by atoms with E-state index in [0.29, 0.717) is 11.1 Å². The third-order valence-electron chi connectivity index (χ3n) is 2.94. The standard InChI is InChI=1S/C13H18N2OS/c1-10-8-15(5-6-16-10)9-11-3-2-4-12(7-11)13(14)17/h2-4,7,10H,5-6,8-9H2,1H3,(H2,14,17). The number of rotatable bonds is 3. The molecule has 1 unspecified atom stereocenters. The van der Waals surface area contributed by atoms with Gasteiger partial charge >= 0.3 is 0 Å². The molecule has 0 bridgehead atoms. The van der Waals surface area contributed by atoms with Gasteiger partial charge in [0.1, 0.15) is 4.99 Å². The highest BCUT2D eigenvalue weighted by Crippen LogP contribution is 2.12. The average Bonchev–Trinajstić information content (AvgIpc) is 2.29. The molecule has 0 saturated carbocycles. The Morgan fingerprint density at radius 3 is 3.12 bits per heavy atom. The van der Waals surface area contributed by atoms with Crippen molar-refractivity contribution in [3.8, 4) is 0 Å². The largest absolute Gasteiger partial charge is 0.389 e. The predicted octanol–water partition coefficient (Wildman–Crippen LogP) is 1.54. The molecule has 0 radical (unpaired) electrons. The summed E-state index contributed by atoms with van der Waals surface area (Å²) in [6.07, 6.45) is 0.322. The van der Waals surface area contributed by atoms with Crippen molar-refractivity contribution in [2.75, 3.05) is 19.7 Å². The van der Waals surface area contributed by atoms with Crippen molar-refractivity contribution in [2.24, 2.45) is 5.73 Å². The second-order valence-corrected chi connectivity index (χ2v) is 4.92. The van der Waals surface area contributed by atoms with E-state index in [4.69, 9.17) is 22.7 Å². The number of nitrogens with zero attached hydrogens (tertiary/aromatic N) is 1. The molecule has 1 aliphatic heterocycles. The van der Waals surface area contributed by atoms with Crippen LogP contribution in [-0.2, 0) is 11.3 Å². The molecule has 0 spiro atoms. The maximum Gasteiger partial charge on any atom is 0.103 e. The van der Waals surface area contributed by atoms with Crippen molar-refractivity contribution in [2.45, 2.75) is 19.6 Å². The SMILES string of the molecule is CC1CN(Cc2cccc(C(N)=S)c2)CCO1. The summed E-state index contributed by atoms with van der Waals surface area (Å²) >= 11 is 4.99. The smallest absolute Gasteiger partial charge is 0.103 e. The second kappa shape index (κ2) is 5.58. The first kappa shape index (κ1) is 12.5. The summed E-state index contributed by atoms with van der Waals surface area (Å²) < 4.78 is 5.53. The van der Waals surface area contributed by atoms with Gasteiger partial charge in [-0.15, -0.1) is 0 Å². The van der Waals surface area contributed by atoms with Crippen LogP contribution in [0.15, 0.2) is 24.3 Å². The predicted molar refractivity (Wildman–Crippen MR) is 73.0 cm³/mol. The maximum absolute atomic E-state index is 5.64. The number of hydrogen-bond donors (Lipinski definition) is 1. The van der Waals surface area contributed by atoms with E-state index in [1.54, 1.807) is 0 Å². The Morgan fingerprint density at radius 1 is 1.59 bits per heavy atom. The number of hydrogen-bond acceptors (Lipinski definition) is 3. The molecule has 17 heavy (non-hydrogen) atoms. The van der Waals surface area contributed by atoms with Gasteiger partial charge in [-0.2, -0.15) is 0 Å². The molecule has 1 heterocycles. The van der Waals surface area contributed by atoms with Crippen LogP contribution in [-0.4, -0.2) is 35.7 Å². The van der Waals surface area contributed by atoms with Gasteiger partial charge in [-0.25, -0.2) is 0 Å². The van der Waals surface area contributed by atoms with Gasteiger partial charge in [-0.1, -0.05) is 30.4 Å². The maximum atomic E-state index is 5.64. The molecular weight excluding hydrogens is 232 g/mol. The van der Waals surface area contributed by atoms with Crippen LogP contribution in [0, 0.1) is 0 Å². The van der Waals surface area contributed by atoms with E-state index < -0.39 is 0 Å². The minimum atomic E-state index is 0.322. The van der Waals surface area contributed by atoms with Crippen molar-refractivity contribution >= 4 is 17.2 Å². The molecule has 2 N–H and O–H groups in total. The molecule has 92 valence electrons. The van der Waals surface area contributed by atoms with Crippen molar-refractivity contribution in [1.29, 1.82) is 0 Å². The second-order valence-electron chi connectivity index (χ2n) is 4.48. The lowest BCUT2D eigenvalue weighted by molar-refractivity contribution is -0.0212. The first-order valence-electron chi connectivity index (χ1n) is 5.88. The topological polar surface area (TPSA) is 38.5 Å². The number of thiocarbonyl (C=S) groups is 1. The molecule has 1 aromatic carbocycles. The van der Waals surface area contributed by atoms with E-state index in [-0.39, 0.29) is 0 Å². The zero-order valence-corrected chi connectivity index (χ0v) is 10.9. The quantitative estimate of drug-likeness (QED) is 0.826.